The quantitative estimate of drug-likeness (QED) is 0.422. The van der Waals surface area contributed by atoms with Crippen LogP contribution in [0.15, 0.2) is 66.7 Å². The van der Waals surface area contributed by atoms with Crippen LogP contribution >= 0.6 is 0 Å². The molecule has 0 N–H and O–H groups in total. The van der Waals surface area contributed by atoms with Crippen molar-refractivity contribution >= 4 is 11.6 Å². The number of rotatable bonds is 6. The van der Waals surface area contributed by atoms with Gasteiger partial charge in [0.1, 0.15) is 5.82 Å². The van der Waals surface area contributed by atoms with Crippen molar-refractivity contribution in [1.29, 1.82) is 0 Å². The minimum absolute atomic E-state index is 0.160. The Morgan fingerprint density at radius 3 is 2.23 bits per heavy atom. The van der Waals surface area contributed by atoms with Gasteiger partial charge in [-0.15, -0.1) is 0 Å². The van der Waals surface area contributed by atoms with Gasteiger partial charge in [-0.05, 0) is 66.8 Å². The van der Waals surface area contributed by atoms with E-state index in [-0.39, 0.29) is 25.3 Å². The first-order chi connectivity index (χ1) is 14.6. The molecular formula is C25H23F4NO. The summed E-state index contributed by atoms with van der Waals surface area (Å²) in [6, 6.07) is 17.9. The summed E-state index contributed by atoms with van der Waals surface area (Å²) in [6.45, 7) is 4.08. The number of carbonyl (C=O) groups is 1. The van der Waals surface area contributed by atoms with E-state index in [1.54, 1.807) is 4.90 Å². The molecule has 0 saturated carbocycles. The Hall–Kier alpha value is -3.15. The van der Waals surface area contributed by atoms with E-state index in [0.29, 0.717) is 11.3 Å². The molecule has 0 radical (unpaired) electrons. The standard InChI is InChI=1S/C25H23F4NO/c1-17-8-10-21(14-18(17)2)30(24(31)16-19-6-4-3-5-7-19)13-12-20-9-11-23(26)22(15-20)25(27,28)29/h3-11,14-15H,12-13,16H2,1-2H3. The summed E-state index contributed by atoms with van der Waals surface area (Å²) < 4.78 is 52.7. The van der Waals surface area contributed by atoms with Crippen LogP contribution in [0, 0.1) is 19.7 Å². The summed E-state index contributed by atoms with van der Waals surface area (Å²) >= 11 is 0. The molecule has 3 aromatic carbocycles. The highest BCUT2D eigenvalue weighted by atomic mass is 19.4. The van der Waals surface area contributed by atoms with Crippen LogP contribution in [0.4, 0.5) is 23.2 Å². The van der Waals surface area contributed by atoms with E-state index in [9.17, 15) is 22.4 Å². The first kappa shape index (κ1) is 22.5. The van der Waals surface area contributed by atoms with Crippen molar-refractivity contribution in [2.45, 2.75) is 32.9 Å². The number of halogens is 4. The Balaban J connectivity index is 1.86. The molecule has 0 saturated heterocycles. The fourth-order valence-corrected chi connectivity index (χ4v) is 3.34. The van der Waals surface area contributed by atoms with Crippen molar-refractivity contribution in [2.75, 3.05) is 11.4 Å². The molecule has 31 heavy (non-hydrogen) atoms. The number of carbonyl (C=O) groups excluding carboxylic acids is 1. The topological polar surface area (TPSA) is 20.3 Å². The normalized spacial score (nSPS) is 11.4. The Morgan fingerprint density at radius 1 is 0.871 bits per heavy atom. The number of benzene rings is 3. The number of nitrogens with zero attached hydrogens (tertiary/aromatic N) is 1. The first-order valence-corrected chi connectivity index (χ1v) is 9.92. The zero-order chi connectivity index (χ0) is 22.6. The van der Waals surface area contributed by atoms with E-state index in [1.807, 2.05) is 62.4 Å². The van der Waals surface area contributed by atoms with Gasteiger partial charge in [-0.25, -0.2) is 4.39 Å². The smallest absolute Gasteiger partial charge is 0.312 e. The van der Waals surface area contributed by atoms with E-state index >= 15 is 0 Å². The summed E-state index contributed by atoms with van der Waals surface area (Å²) in [6.07, 6.45) is -4.43. The molecule has 3 rings (SSSR count). The molecule has 162 valence electrons. The second-order valence-corrected chi connectivity index (χ2v) is 7.54. The molecule has 6 heteroatoms. The van der Waals surface area contributed by atoms with Crippen molar-refractivity contribution < 1.29 is 22.4 Å². The lowest BCUT2D eigenvalue weighted by Crippen LogP contribution is -2.34. The van der Waals surface area contributed by atoms with Crippen LogP contribution in [0.2, 0.25) is 0 Å². The lowest BCUT2D eigenvalue weighted by molar-refractivity contribution is -0.140. The van der Waals surface area contributed by atoms with Crippen LogP contribution in [-0.2, 0) is 23.8 Å². The van der Waals surface area contributed by atoms with Crippen molar-refractivity contribution in [1.82, 2.24) is 0 Å². The predicted molar refractivity (Wildman–Crippen MR) is 114 cm³/mol. The average Bonchev–Trinajstić information content (AvgIpc) is 2.71. The van der Waals surface area contributed by atoms with Crippen molar-refractivity contribution in [3.63, 3.8) is 0 Å². The highest BCUT2D eigenvalue weighted by Gasteiger charge is 2.34. The van der Waals surface area contributed by atoms with Gasteiger partial charge in [0.2, 0.25) is 5.91 Å². The van der Waals surface area contributed by atoms with E-state index in [4.69, 9.17) is 0 Å². The molecule has 0 aromatic heterocycles. The van der Waals surface area contributed by atoms with E-state index < -0.39 is 17.6 Å². The third kappa shape index (κ3) is 5.72. The van der Waals surface area contributed by atoms with Crippen molar-refractivity contribution in [3.05, 3.63) is 100 Å². The van der Waals surface area contributed by atoms with Crippen LogP contribution in [-0.4, -0.2) is 12.5 Å². The highest BCUT2D eigenvalue weighted by molar-refractivity contribution is 5.94. The molecule has 0 heterocycles. The maximum atomic E-state index is 13.6. The van der Waals surface area contributed by atoms with Crippen LogP contribution in [0.1, 0.15) is 27.8 Å². The highest BCUT2D eigenvalue weighted by Crippen LogP contribution is 2.32. The molecule has 0 aliphatic rings. The second-order valence-electron chi connectivity index (χ2n) is 7.54. The molecule has 0 aliphatic carbocycles. The Morgan fingerprint density at radius 2 is 1.58 bits per heavy atom. The van der Waals surface area contributed by atoms with Crippen LogP contribution in [0.3, 0.4) is 0 Å². The van der Waals surface area contributed by atoms with Crippen LogP contribution in [0.5, 0.6) is 0 Å². The molecule has 0 fully saturated rings. The van der Waals surface area contributed by atoms with Gasteiger partial charge >= 0.3 is 6.18 Å². The molecule has 0 spiro atoms. The van der Waals surface area contributed by atoms with Gasteiger partial charge in [-0.2, -0.15) is 13.2 Å². The van der Waals surface area contributed by atoms with Crippen molar-refractivity contribution in [3.8, 4) is 0 Å². The second kappa shape index (κ2) is 9.33. The first-order valence-electron chi connectivity index (χ1n) is 9.92. The number of hydrogen-bond acceptors (Lipinski definition) is 1. The zero-order valence-corrected chi connectivity index (χ0v) is 17.3. The van der Waals surface area contributed by atoms with Gasteiger partial charge in [-0.1, -0.05) is 42.5 Å². The molecule has 2 nitrogen and oxygen atoms in total. The molecule has 1 amide bonds. The molecule has 0 unspecified atom stereocenters. The number of aryl methyl sites for hydroxylation is 2. The number of anilines is 1. The summed E-state index contributed by atoms with van der Waals surface area (Å²) in [4.78, 5) is 14.7. The van der Waals surface area contributed by atoms with Gasteiger partial charge in [0.25, 0.3) is 0 Å². The Labute approximate surface area is 179 Å². The largest absolute Gasteiger partial charge is 0.419 e. The number of amides is 1. The molecule has 0 aliphatic heterocycles. The van der Waals surface area contributed by atoms with Crippen molar-refractivity contribution in [2.24, 2.45) is 0 Å². The predicted octanol–water partition coefficient (Wildman–Crippen LogP) is 6.28. The van der Waals surface area contributed by atoms with Gasteiger partial charge in [-0.3, -0.25) is 4.79 Å². The minimum atomic E-state index is -4.77. The maximum Gasteiger partial charge on any atom is 0.419 e. The molecular weight excluding hydrogens is 406 g/mol. The van der Waals surface area contributed by atoms with Gasteiger partial charge < -0.3 is 4.90 Å². The van der Waals surface area contributed by atoms with Gasteiger partial charge in [0.15, 0.2) is 0 Å². The number of alkyl halides is 3. The zero-order valence-electron chi connectivity index (χ0n) is 17.3. The molecule has 3 aromatic rings. The summed E-state index contributed by atoms with van der Waals surface area (Å²) in [7, 11) is 0. The Kier molecular flexibility index (Phi) is 6.78. The summed E-state index contributed by atoms with van der Waals surface area (Å²) in [5, 5.41) is 0. The lowest BCUT2D eigenvalue weighted by Gasteiger charge is -2.24. The molecule has 0 atom stereocenters. The maximum absolute atomic E-state index is 13.6. The summed E-state index contributed by atoms with van der Waals surface area (Å²) in [5.41, 5.74) is 2.64. The molecule has 0 bridgehead atoms. The fourth-order valence-electron chi connectivity index (χ4n) is 3.34. The fraction of sp³-hybridized carbons (Fsp3) is 0.240. The average molecular weight is 429 g/mol. The third-order valence-electron chi connectivity index (χ3n) is 5.26. The SMILES string of the molecule is Cc1ccc(N(CCc2ccc(F)c(C(F)(F)F)c2)C(=O)Cc2ccccc2)cc1C. The van der Waals surface area contributed by atoms with Gasteiger partial charge in [0, 0.05) is 12.2 Å². The van der Waals surface area contributed by atoms with Gasteiger partial charge in [0.05, 0.1) is 12.0 Å². The lowest BCUT2D eigenvalue weighted by atomic mass is 10.0. The minimum Gasteiger partial charge on any atom is -0.312 e. The monoisotopic (exact) mass is 429 g/mol. The summed E-state index contributed by atoms with van der Waals surface area (Å²) in [5.74, 6) is -1.46. The Bertz CT molecular complexity index is 1060. The third-order valence-corrected chi connectivity index (χ3v) is 5.26. The van der Waals surface area contributed by atoms with Crippen LogP contribution < -0.4 is 4.90 Å². The van der Waals surface area contributed by atoms with Crippen LogP contribution in [0.25, 0.3) is 0 Å². The van der Waals surface area contributed by atoms with E-state index in [1.165, 1.54) is 6.07 Å². The van der Waals surface area contributed by atoms with E-state index in [2.05, 4.69) is 0 Å². The van der Waals surface area contributed by atoms with E-state index in [0.717, 1.165) is 28.8 Å². The number of hydrogen-bond donors (Lipinski definition) is 0.